The van der Waals surface area contributed by atoms with Crippen LogP contribution < -0.4 is 10.6 Å². The van der Waals surface area contributed by atoms with E-state index in [4.69, 9.17) is 0 Å². The highest BCUT2D eigenvalue weighted by atomic mass is 15.3. The Hall–Kier alpha value is -0.810. The molecule has 1 saturated carbocycles. The van der Waals surface area contributed by atoms with Crippen LogP contribution in [-0.2, 0) is 0 Å². The fourth-order valence-electron chi connectivity index (χ4n) is 4.12. The first-order chi connectivity index (χ1) is 12.2. The van der Waals surface area contributed by atoms with Crippen LogP contribution in [0.4, 0.5) is 0 Å². The molecule has 0 aromatic rings. The summed E-state index contributed by atoms with van der Waals surface area (Å²) in [6.45, 7) is 12.6. The lowest BCUT2D eigenvalue weighted by Crippen LogP contribution is -2.49. The molecule has 1 heterocycles. The summed E-state index contributed by atoms with van der Waals surface area (Å²) in [5.41, 5.74) is 0. The number of hydrogen-bond acceptors (Lipinski definition) is 3. The number of nitrogens with zero attached hydrogens (tertiary/aromatic N) is 3. The number of likely N-dealkylation sites (N-methyl/N-ethyl adjacent to an activating group) is 1. The normalized spacial score (nSPS) is 22.8. The third-order valence-electron chi connectivity index (χ3n) is 5.97. The maximum absolute atomic E-state index is 4.40. The molecule has 2 N–H and O–H groups in total. The van der Waals surface area contributed by atoms with Crippen LogP contribution in [0.25, 0.3) is 0 Å². The van der Waals surface area contributed by atoms with Crippen molar-refractivity contribution in [3.63, 3.8) is 0 Å². The highest BCUT2D eigenvalue weighted by molar-refractivity contribution is 5.79. The van der Waals surface area contributed by atoms with Crippen molar-refractivity contribution in [2.75, 3.05) is 52.9 Å². The van der Waals surface area contributed by atoms with Crippen molar-refractivity contribution in [3.8, 4) is 0 Å². The Bertz CT molecular complexity index is 370. The largest absolute Gasteiger partial charge is 0.355 e. The molecule has 0 spiro atoms. The first kappa shape index (κ1) is 20.5. The maximum atomic E-state index is 4.40. The van der Waals surface area contributed by atoms with E-state index in [9.17, 15) is 0 Å². The average Bonchev–Trinajstić information content (AvgIpc) is 2.67. The molecule has 0 aromatic carbocycles. The van der Waals surface area contributed by atoms with E-state index >= 15 is 0 Å². The predicted molar refractivity (Wildman–Crippen MR) is 108 cm³/mol. The lowest BCUT2D eigenvalue weighted by atomic mass is 9.85. The summed E-state index contributed by atoms with van der Waals surface area (Å²) in [5.74, 6) is 1.93. The third kappa shape index (κ3) is 7.95. The van der Waals surface area contributed by atoms with Gasteiger partial charge in [0.2, 0.25) is 0 Å². The number of guanidine groups is 1. The fourth-order valence-corrected chi connectivity index (χ4v) is 4.12. The topological polar surface area (TPSA) is 42.9 Å². The Labute approximate surface area is 155 Å². The number of aliphatic imine (C=N–C) groups is 1. The van der Waals surface area contributed by atoms with E-state index in [0.29, 0.717) is 6.04 Å². The zero-order valence-electron chi connectivity index (χ0n) is 16.9. The zero-order chi connectivity index (χ0) is 17.9. The molecule has 0 aromatic heterocycles. The second-order valence-corrected chi connectivity index (χ2v) is 7.90. The standard InChI is InChI=1S/C20H41N5/c1-4-24-14-16-25(17-15-24)13-12-22-20(21-3)23-18(2)10-11-19-8-6-5-7-9-19/h18-19H,4-17H2,1-3H3,(H2,21,22,23). The first-order valence-corrected chi connectivity index (χ1v) is 10.6. The molecule has 2 fully saturated rings. The average molecular weight is 352 g/mol. The molecular weight excluding hydrogens is 310 g/mol. The summed E-state index contributed by atoms with van der Waals surface area (Å²) in [5, 5.41) is 7.07. The van der Waals surface area contributed by atoms with Gasteiger partial charge in [-0.1, -0.05) is 39.0 Å². The van der Waals surface area contributed by atoms with Crippen molar-refractivity contribution in [2.45, 2.75) is 64.8 Å². The Morgan fingerprint density at radius 3 is 2.40 bits per heavy atom. The first-order valence-electron chi connectivity index (χ1n) is 10.6. The molecule has 1 aliphatic heterocycles. The van der Waals surface area contributed by atoms with Crippen LogP contribution >= 0.6 is 0 Å². The smallest absolute Gasteiger partial charge is 0.191 e. The molecule has 146 valence electrons. The minimum Gasteiger partial charge on any atom is -0.355 e. The van der Waals surface area contributed by atoms with Crippen molar-refractivity contribution >= 4 is 5.96 Å². The SMILES string of the molecule is CCN1CCN(CCNC(=NC)NC(C)CCC2CCCCC2)CC1. The molecule has 1 saturated heterocycles. The minimum atomic E-state index is 0.501. The van der Waals surface area contributed by atoms with Gasteiger partial charge < -0.3 is 15.5 Å². The van der Waals surface area contributed by atoms with Gasteiger partial charge in [0.15, 0.2) is 5.96 Å². The molecule has 1 aliphatic carbocycles. The van der Waals surface area contributed by atoms with Crippen molar-refractivity contribution in [1.82, 2.24) is 20.4 Å². The van der Waals surface area contributed by atoms with Gasteiger partial charge in [-0.15, -0.1) is 0 Å². The van der Waals surface area contributed by atoms with Crippen molar-refractivity contribution in [3.05, 3.63) is 0 Å². The Morgan fingerprint density at radius 2 is 1.76 bits per heavy atom. The molecule has 25 heavy (non-hydrogen) atoms. The van der Waals surface area contributed by atoms with Gasteiger partial charge in [-0.05, 0) is 32.2 Å². The van der Waals surface area contributed by atoms with Crippen LogP contribution in [0.3, 0.4) is 0 Å². The van der Waals surface area contributed by atoms with Gasteiger partial charge in [0, 0.05) is 52.4 Å². The summed E-state index contributed by atoms with van der Waals surface area (Å²) in [6, 6.07) is 0.501. The van der Waals surface area contributed by atoms with Gasteiger partial charge in [-0.2, -0.15) is 0 Å². The van der Waals surface area contributed by atoms with Crippen LogP contribution in [0, 0.1) is 5.92 Å². The molecule has 1 unspecified atom stereocenters. The molecule has 0 radical (unpaired) electrons. The summed E-state index contributed by atoms with van der Waals surface area (Å²) in [6.07, 6.45) is 9.87. The molecule has 0 bridgehead atoms. The van der Waals surface area contributed by atoms with Gasteiger partial charge in [-0.25, -0.2) is 0 Å². The van der Waals surface area contributed by atoms with Crippen LogP contribution in [0.1, 0.15) is 58.8 Å². The molecule has 2 rings (SSSR count). The van der Waals surface area contributed by atoms with Gasteiger partial charge in [-0.3, -0.25) is 9.89 Å². The fraction of sp³-hybridized carbons (Fsp3) is 0.950. The Morgan fingerprint density at radius 1 is 1.08 bits per heavy atom. The summed E-state index contributed by atoms with van der Waals surface area (Å²) in [4.78, 5) is 9.48. The van der Waals surface area contributed by atoms with E-state index in [2.05, 4.69) is 39.3 Å². The zero-order valence-corrected chi connectivity index (χ0v) is 16.9. The van der Waals surface area contributed by atoms with Crippen LogP contribution in [0.2, 0.25) is 0 Å². The van der Waals surface area contributed by atoms with E-state index in [1.165, 1.54) is 77.7 Å². The molecule has 5 nitrogen and oxygen atoms in total. The van der Waals surface area contributed by atoms with Gasteiger partial charge in [0.05, 0.1) is 0 Å². The molecule has 5 heteroatoms. The molecule has 2 aliphatic rings. The van der Waals surface area contributed by atoms with Gasteiger partial charge in [0.25, 0.3) is 0 Å². The van der Waals surface area contributed by atoms with Crippen molar-refractivity contribution < 1.29 is 0 Å². The second-order valence-electron chi connectivity index (χ2n) is 7.90. The summed E-state index contributed by atoms with van der Waals surface area (Å²) < 4.78 is 0. The summed E-state index contributed by atoms with van der Waals surface area (Å²) in [7, 11) is 1.88. The quantitative estimate of drug-likeness (QED) is 0.521. The van der Waals surface area contributed by atoms with E-state index in [1.54, 1.807) is 0 Å². The van der Waals surface area contributed by atoms with E-state index in [0.717, 1.165) is 25.0 Å². The Balaban J connectivity index is 1.56. The maximum Gasteiger partial charge on any atom is 0.191 e. The minimum absolute atomic E-state index is 0.501. The number of piperazine rings is 1. The number of rotatable bonds is 8. The lowest BCUT2D eigenvalue weighted by Gasteiger charge is -2.34. The number of hydrogen-bond donors (Lipinski definition) is 2. The third-order valence-corrected chi connectivity index (χ3v) is 5.97. The number of nitrogens with one attached hydrogen (secondary N) is 2. The molecular formula is C20H41N5. The highest BCUT2D eigenvalue weighted by Gasteiger charge is 2.16. The van der Waals surface area contributed by atoms with Gasteiger partial charge >= 0.3 is 0 Å². The highest BCUT2D eigenvalue weighted by Crippen LogP contribution is 2.27. The van der Waals surface area contributed by atoms with E-state index < -0.39 is 0 Å². The van der Waals surface area contributed by atoms with Crippen LogP contribution in [0.5, 0.6) is 0 Å². The summed E-state index contributed by atoms with van der Waals surface area (Å²) >= 11 is 0. The van der Waals surface area contributed by atoms with E-state index in [-0.39, 0.29) is 0 Å². The lowest BCUT2D eigenvalue weighted by molar-refractivity contribution is 0.139. The van der Waals surface area contributed by atoms with Crippen LogP contribution in [-0.4, -0.2) is 74.7 Å². The monoisotopic (exact) mass is 351 g/mol. The molecule has 0 amide bonds. The van der Waals surface area contributed by atoms with Gasteiger partial charge in [0.1, 0.15) is 0 Å². The molecule has 1 atom stereocenters. The second kappa shape index (κ2) is 11.7. The van der Waals surface area contributed by atoms with Crippen LogP contribution in [0.15, 0.2) is 4.99 Å². The predicted octanol–water partition coefficient (Wildman–Crippen LogP) is 2.54. The van der Waals surface area contributed by atoms with Crippen molar-refractivity contribution in [2.24, 2.45) is 10.9 Å². The Kier molecular flexibility index (Phi) is 9.63. The van der Waals surface area contributed by atoms with E-state index in [1.807, 2.05) is 7.05 Å². The van der Waals surface area contributed by atoms with Crippen molar-refractivity contribution in [1.29, 1.82) is 0 Å².